The maximum atomic E-state index is 14.5. The maximum Gasteiger partial charge on any atom is 0.239 e. The van der Waals surface area contributed by atoms with Gasteiger partial charge in [-0.15, -0.1) is 0 Å². The number of hydrogen-bond donors (Lipinski definition) is 5. The fraction of sp³-hybridized carbons (Fsp3) is 0.318. The average molecular weight is 468 g/mol. The van der Waals surface area contributed by atoms with Crippen LogP contribution in [0.2, 0.25) is 0 Å². The summed E-state index contributed by atoms with van der Waals surface area (Å²) in [7, 11) is 1.48. The van der Waals surface area contributed by atoms with Crippen molar-refractivity contribution in [3.05, 3.63) is 53.0 Å². The molecule has 34 heavy (non-hydrogen) atoms. The van der Waals surface area contributed by atoms with Gasteiger partial charge in [-0.1, -0.05) is 0 Å². The minimum atomic E-state index is -1.30. The predicted octanol–water partition coefficient (Wildman–Crippen LogP) is 1.64. The lowest BCUT2D eigenvalue weighted by Gasteiger charge is -2.37. The third-order valence-electron chi connectivity index (χ3n) is 5.69. The summed E-state index contributed by atoms with van der Waals surface area (Å²) in [6.07, 6.45) is 1.45. The number of amides is 1. The Kier molecular flexibility index (Phi) is 6.23. The Balaban J connectivity index is 1.58. The van der Waals surface area contributed by atoms with E-state index in [1.165, 1.54) is 24.3 Å². The quantitative estimate of drug-likeness (QED) is 0.261. The van der Waals surface area contributed by atoms with E-state index in [9.17, 15) is 18.7 Å². The first-order valence-corrected chi connectivity index (χ1v) is 10.5. The highest BCUT2D eigenvalue weighted by molar-refractivity contribution is 6.13. The molecule has 1 fully saturated rings. The topological polar surface area (TPSA) is 154 Å². The van der Waals surface area contributed by atoms with Crippen molar-refractivity contribution >= 4 is 28.5 Å². The van der Waals surface area contributed by atoms with Gasteiger partial charge in [0.25, 0.3) is 0 Å². The van der Waals surface area contributed by atoms with Crippen molar-refractivity contribution in [2.45, 2.75) is 19.2 Å². The summed E-state index contributed by atoms with van der Waals surface area (Å²) < 4.78 is 28.1. The number of carbonyl (C=O) groups is 1. The number of carbonyl (C=O) groups excluding carboxylic acids is 1. The van der Waals surface area contributed by atoms with E-state index in [0.29, 0.717) is 24.8 Å². The number of rotatable bonds is 7. The number of benzene rings is 1. The minimum absolute atomic E-state index is 0.00908. The van der Waals surface area contributed by atoms with Gasteiger partial charge in [-0.3, -0.25) is 15.5 Å². The van der Waals surface area contributed by atoms with Crippen LogP contribution in [0.5, 0.6) is 0 Å². The molecule has 1 amide bonds. The van der Waals surface area contributed by atoms with Crippen LogP contribution < -0.4 is 10.6 Å². The number of H-pyrrole nitrogens is 1. The second kappa shape index (κ2) is 9.12. The number of aromatic amines is 1. The molecule has 176 valence electrons. The van der Waals surface area contributed by atoms with E-state index in [4.69, 9.17) is 10.7 Å². The molecule has 1 aliphatic heterocycles. The molecule has 10 nitrogen and oxygen atoms in total. The van der Waals surface area contributed by atoms with E-state index in [2.05, 4.69) is 31.7 Å². The number of fused-ring (bicyclic) bond motifs is 1. The first kappa shape index (κ1) is 23.2. The SMILES string of the molecule is CNc1cc(F)cc(F)c1C(=N)c1cnc2[nH]cc(C(O)NC(C)C(=O)N3CC(C#N)C3)c2n1. The van der Waals surface area contributed by atoms with Crippen molar-refractivity contribution in [2.75, 3.05) is 25.5 Å². The van der Waals surface area contributed by atoms with Gasteiger partial charge in [0.15, 0.2) is 5.65 Å². The zero-order valence-corrected chi connectivity index (χ0v) is 18.4. The minimum Gasteiger partial charge on any atom is -0.387 e. The molecule has 0 saturated carbocycles. The lowest BCUT2D eigenvalue weighted by Crippen LogP contribution is -2.55. The van der Waals surface area contributed by atoms with Crippen LogP contribution in [0.1, 0.15) is 30.0 Å². The summed E-state index contributed by atoms with van der Waals surface area (Å²) in [5, 5.41) is 33.5. The van der Waals surface area contributed by atoms with E-state index < -0.39 is 23.9 Å². The first-order chi connectivity index (χ1) is 16.2. The van der Waals surface area contributed by atoms with Crippen LogP contribution in [-0.4, -0.2) is 62.8 Å². The lowest BCUT2D eigenvalue weighted by atomic mass is 10.0. The Morgan fingerprint density at radius 2 is 2.15 bits per heavy atom. The second-order valence-electron chi connectivity index (χ2n) is 7.99. The fourth-order valence-corrected chi connectivity index (χ4v) is 3.80. The Labute approximate surface area is 193 Å². The molecule has 3 heterocycles. The third-order valence-corrected chi connectivity index (χ3v) is 5.69. The highest BCUT2D eigenvalue weighted by Gasteiger charge is 2.33. The average Bonchev–Trinajstić information content (AvgIpc) is 3.20. The molecule has 0 aliphatic carbocycles. The van der Waals surface area contributed by atoms with Crippen LogP contribution in [-0.2, 0) is 4.79 Å². The van der Waals surface area contributed by atoms with Crippen molar-refractivity contribution < 1.29 is 18.7 Å². The van der Waals surface area contributed by atoms with Gasteiger partial charge in [-0.25, -0.2) is 18.7 Å². The molecule has 0 spiro atoms. The third kappa shape index (κ3) is 4.18. The van der Waals surface area contributed by atoms with E-state index >= 15 is 0 Å². The maximum absolute atomic E-state index is 14.5. The molecule has 1 aliphatic rings. The Morgan fingerprint density at radius 3 is 2.82 bits per heavy atom. The number of aliphatic hydroxyl groups excluding tert-OH is 1. The second-order valence-corrected chi connectivity index (χ2v) is 7.99. The molecule has 0 radical (unpaired) electrons. The summed E-state index contributed by atoms with van der Waals surface area (Å²) in [5.74, 6) is -2.13. The number of aliphatic hydroxyl groups is 1. The number of nitrogens with one attached hydrogen (secondary N) is 4. The van der Waals surface area contributed by atoms with Gasteiger partial charge < -0.3 is 20.3 Å². The number of nitriles is 1. The van der Waals surface area contributed by atoms with Crippen molar-refractivity contribution in [1.29, 1.82) is 10.7 Å². The van der Waals surface area contributed by atoms with Gasteiger partial charge in [0.2, 0.25) is 5.91 Å². The van der Waals surface area contributed by atoms with E-state index in [0.717, 1.165) is 6.07 Å². The Hall–Kier alpha value is -3.95. The number of nitrogens with zero attached hydrogens (tertiary/aromatic N) is 4. The van der Waals surface area contributed by atoms with Crippen LogP contribution in [0, 0.1) is 34.3 Å². The van der Waals surface area contributed by atoms with Gasteiger partial charge in [0.05, 0.1) is 35.5 Å². The number of likely N-dealkylation sites (tertiary alicyclic amines) is 1. The standard InChI is InChI=1S/C22H22F2N8O2/c1-10(22(34)32-8-11(5-25)9-32)30-21(33)13-6-28-20-19(13)31-16(7-29-20)18(26)17-14(24)3-12(23)4-15(17)27-2/h3-4,6-7,10-11,21,26-27,30,33H,8-9H2,1-2H3,(H,28,29). The van der Waals surface area contributed by atoms with Crippen molar-refractivity contribution in [3.63, 3.8) is 0 Å². The number of aromatic nitrogens is 3. The van der Waals surface area contributed by atoms with Gasteiger partial charge in [0, 0.05) is 43.7 Å². The molecule has 3 aromatic rings. The molecule has 0 bridgehead atoms. The molecular weight excluding hydrogens is 446 g/mol. The number of anilines is 1. The van der Waals surface area contributed by atoms with E-state index in [-0.39, 0.29) is 45.6 Å². The summed E-state index contributed by atoms with van der Waals surface area (Å²) in [6.45, 7) is 2.32. The highest BCUT2D eigenvalue weighted by Crippen LogP contribution is 2.26. The van der Waals surface area contributed by atoms with E-state index in [1.807, 2.05) is 0 Å². The molecule has 2 unspecified atom stereocenters. The Morgan fingerprint density at radius 1 is 1.41 bits per heavy atom. The molecule has 2 atom stereocenters. The molecule has 2 aromatic heterocycles. The lowest BCUT2D eigenvalue weighted by molar-refractivity contribution is -0.139. The fourth-order valence-electron chi connectivity index (χ4n) is 3.80. The van der Waals surface area contributed by atoms with Crippen LogP contribution in [0.3, 0.4) is 0 Å². The molecule has 4 rings (SSSR count). The van der Waals surface area contributed by atoms with Crippen molar-refractivity contribution in [1.82, 2.24) is 25.2 Å². The zero-order valence-electron chi connectivity index (χ0n) is 18.4. The van der Waals surface area contributed by atoms with Gasteiger partial charge >= 0.3 is 0 Å². The van der Waals surface area contributed by atoms with Gasteiger partial charge in [0.1, 0.15) is 29.1 Å². The van der Waals surface area contributed by atoms with Crippen LogP contribution >= 0.6 is 0 Å². The normalized spacial score (nSPS) is 15.5. The smallest absolute Gasteiger partial charge is 0.239 e. The summed E-state index contributed by atoms with van der Waals surface area (Å²) in [6, 6.07) is 3.12. The van der Waals surface area contributed by atoms with Crippen LogP contribution in [0.4, 0.5) is 14.5 Å². The monoisotopic (exact) mass is 468 g/mol. The van der Waals surface area contributed by atoms with Crippen LogP contribution in [0.25, 0.3) is 11.2 Å². The molecule has 5 N–H and O–H groups in total. The van der Waals surface area contributed by atoms with Crippen LogP contribution in [0.15, 0.2) is 24.5 Å². The molecule has 1 saturated heterocycles. The first-order valence-electron chi connectivity index (χ1n) is 10.5. The van der Waals surface area contributed by atoms with E-state index in [1.54, 1.807) is 6.92 Å². The van der Waals surface area contributed by atoms with Crippen molar-refractivity contribution in [2.24, 2.45) is 5.92 Å². The summed E-state index contributed by atoms with van der Waals surface area (Å²) in [5.41, 5.74) is 0.427. The molecule has 1 aromatic carbocycles. The summed E-state index contributed by atoms with van der Waals surface area (Å²) in [4.78, 5) is 25.4. The Bertz CT molecular complexity index is 1310. The molecule has 12 heteroatoms. The largest absolute Gasteiger partial charge is 0.387 e. The summed E-state index contributed by atoms with van der Waals surface area (Å²) >= 11 is 0. The van der Waals surface area contributed by atoms with Crippen molar-refractivity contribution in [3.8, 4) is 6.07 Å². The number of halogens is 2. The zero-order chi connectivity index (χ0) is 24.6. The highest BCUT2D eigenvalue weighted by atomic mass is 19.1. The number of hydrogen-bond acceptors (Lipinski definition) is 8. The predicted molar refractivity (Wildman–Crippen MR) is 119 cm³/mol. The molecular formula is C22H22F2N8O2. The van der Waals surface area contributed by atoms with Gasteiger partial charge in [-0.2, -0.15) is 5.26 Å². The van der Waals surface area contributed by atoms with Gasteiger partial charge in [-0.05, 0) is 13.0 Å².